The van der Waals surface area contributed by atoms with Gasteiger partial charge in [0, 0.05) is 6.54 Å². The van der Waals surface area contributed by atoms with E-state index in [-0.39, 0.29) is 31.8 Å². The Hall–Kier alpha value is -2.05. The molecule has 22 heavy (non-hydrogen) atoms. The maximum atomic E-state index is 11.7. The van der Waals surface area contributed by atoms with Gasteiger partial charge in [0.1, 0.15) is 11.2 Å². The molecule has 0 aliphatic heterocycles. The van der Waals surface area contributed by atoms with Crippen LogP contribution >= 0.6 is 0 Å². The number of ether oxygens (including phenoxy) is 3. The SMILES string of the molecule is CCOC(=O)C(=CCCNC(=O)OC(C)(C)C)C(=O)OCC. The summed E-state index contributed by atoms with van der Waals surface area (Å²) in [6.45, 7) is 9.09. The molecule has 0 atom stereocenters. The predicted molar refractivity (Wildman–Crippen MR) is 80.2 cm³/mol. The van der Waals surface area contributed by atoms with Crippen LogP contribution in [0.1, 0.15) is 41.0 Å². The van der Waals surface area contributed by atoms with Crippen LogP contribution in [-0.2, 0) is 23.8 Å². The Kier molecular flexibility index (Phi) is 8.89. The van der Waals surface area contributed by atoms with Crippen LogP contribution in [0.3, 0.4) is 0 Å². The minimum Gasteiger partial charge on any atom is -0.462 e. The zero-order valence-electron chi connectivity index (χ0n) is 13.9. The molecule has 0 fully saturated rings. The molecule has 0 heterocycles. The van der Waals surface area contributed by atoms with E-state index < -0.39 is 23.6 Å². The fourth-order valence-electron chi connectivity index (χ4n) is 1.37. The van der Waals surface area contributed by atoms with Gasteiger partial charge in [-0.05, 0) is 41.0 Å². The van der Waals surface area contributed by atoms with Gasteiger partial charge in [-0.15, -0.1) is 0 Å². The van der Waals surface area contributed by atoms with E-state index in [0.717, 1.165) is 0 Å². The first kappa shape index (κ1) is 19.9. The normalized spacial score (nSPS) is 10.4. The highest BCUT2D eigenvalue weighted by Gasteiger charge is 2.20. The molecule has 7 heteroatoms. The zero-order valence-corrected chi connectivity index (χ0v) is 13.9. The molecule has 1 amide bonds. The fourth-order valence-corrected chi connectivity index (χ4v) is 1.37. The number of rotatable bonds is 7. The highest BCUT2D eigenvalue weighted by atomic mass is 16.6. The van der Waals surface area contributed by atoms with Crippen molar-refractivity contribution in [1.29, 1.82) is 0 Å². The zero-order chi connectivity index (χ0) is 17.2. The Morgan fingerprint density at radius 2 is 1.50 bits per heavy atom. The molecule has 0 aromatic carbocycles. The van der Waals surface area contributed by atoms with Crippen molar-refractivity contribution >= 4 is 18.0 Å². The van der Waals surface area contributed by atoms with Crippen molar-refractivity contribution in [2.45, 2.75) is 46.6 Å². The van der Waals surface area contributed by atoms with Gasteiger partial charge in [0.15, 0.2) is 0 Å². The molecule has 126 valence electrons. The molecule has 0 aliphatic carbocycles. The van der Waals surface area contributed by atoms with Crippen LogP contribution in [0.2, 0.25) is 0 Å². The van der Waals surface area contributed by atoms with E-state index in [0.29, 0.717) is 0 Å². The van der Waals surface area contributed by atoms with E-state index in [1.165, 1.54) is 6.08 Å². The molecule has 0 saturated carbocycles. The topological polar surface area (TPSA) is 90.9 Å². The average Bonchev–Trinajstić information content (AvgIpc) is 2.36. The average molecular weight is 315 g/mol. The highest BCUT2D eigenvalue weighted by molar-refractivity contribution is 6.14. The maximum absolute atomic E-state index is 11.7. The number of hydrogen-bond donors (Lipinski definition) is 1. The molecule has 0 rings (SSSR count). The first-order chi connectivity index (χ1) is 10.2. The van der Waals surface area contributed by atoms with Crippen LogP contribution in [0, 0.1) is 0 Å². The number of hydrogen-bond acceptors (Lipinski definition) is 6. The van der Waals surface area contributed by atoms with E-state index in [1.54, 1.807) is 34.6 Å². The number of esters is 2. The van der Waals surface area contributed by atoms with Crippen LogP contribution in [-0.4, -0.2) is 43.4 Å². The lowest BCUT2D eigenvalue weighted by Crippen LogP contribution is -2.33. The first-order valence-corrected chi connectivity index (χ1v) is 7.22. The van der Waals surface area contributed by atoms with Crippen molar-refractivity contribution in [1.82, 2.24) is 5.32 Å². The smallest absolute Gasteiger partial charge is 0.407 e. The van der Waals surface area contributed by atoms with Crippen molar-refractivity contribution in [3.63, 3.8) is 0 Å². The first-order valence-electron chi connectivity index (χ1n) is 7.22. The molecule has 0 bridgehead atoms. The van der Waals surface area contributed by atoms with Crippen molar-refractivity contribution in [2.24, 2.45) is 0 Å². The summed E-state index contributed by atoms with van der Waals surface area (Å²) in [4.78, 5) is 34.8. The number of alkyl carbamates (subject to hydrolysis) is 1. The standard InChI is InChI=1S/C15H25NO6/c1-6-20-12(17)11(13(18)21-7-2)9-8-10-16-14(19)22-15(3,4)5/h9H,6-8,10H2,1-5H3,(H,16,19). The molecule has 0 unspecified atom stereocenters. The molecule has 0 aromatic rings. The molecule has 0 saturated heterocycles. The summed E-state index contributed by atoms with van der Waals surface area (Å²) in [6, 6.07) is 0. The Labute approximate surface area is 131 Å². The van der Waals surface area contributed by atoms with Crippen molar-refractivity contribution in [2.75, 3.05) is 19.8 Å². The molecule has 1 N–H and O–H groups in total. The second kappa shape index (κ2) is 9.81. The van der Waals surface area contributed by atoms with Gasteiger partial charge in [0.25, 0.3) is 0 Å². The van der Waals surface area contributed by atoms with Crippen molar-refractivity contribution in [3.05, 3.63) is 11.6 Å². The van der Waals surface area contributed by atoms with Gasteiger partial charge >= 0.3 is 18.0 Å². The number of amides is 1. The summed E-state index contributed by atoms with van der Waals surface area (Å²) >= 11 is 0. The minimum atomic E-state index is -0.738. The molecular formula is C15H25NO6. The molecule has 7 nitrogen and oxygen atoms in total. The van der Waals surface area contributed by atoms with Gasteiger partial charge in [-0.1, -0.05) is 6.08 Å². The lowest BCUT2D eigenvalue weighted by molar-refractivity contribution is -0.146. The Morgan fingerprint density at radius 1 is 1.00 bits per heavy atom. The van der Waals surface area contributed by atoms with Gasteiger partial charge in [-0.25, -0.2) is 14.4 Å². The van der Waals surface area contributed by atoms with Gasteiger partial charge in [-0.2, -0.15) is 0 Å². The van der Waals surface area contributed by atoms with Crippen molar-refractivity contribution < 1.29 is 28.6 Å². The Morgan fingerprint density at radius 3 is 1.91 bits per heavy atom. The van der Waals surface area contributed by atoms with Crippen LogP contribution in [0.5, 0.6) is 0 Å². The summed E-state index contributed by atoms with van der Waals surface area (Å²) in [7, 11) is 0. The highest BCUT2D eigenvalue weighted by Crippen LogP contribution is 2.07. The second-order valence-corrected chi connectivity index (χ2v) is 5.28. The van der Waals surface area contributed by atoms with Crippen LogP contribution in [0.15, 0.2) is 11.6 Å². The van der Waals surface area contributed by atoms with Crippen LogP contribution < -0.4 is 5.32 Å². The summed E-state index contributed by atoms with van der Waals surface area (Å²) in [5.41, 5.74) is -0.754. The van der Waals surface area contributed by atoms with E-state index >= 15 is 0 Å². The number of carbonyl (C=O) groups excluding carboxylic acids is 3. The Balaban J connectivity index is 4.51. The Bertz CT molecular complexity index is 402. The molecular weight excluding hydrogens is 290 g/mol. The molecule has 0 radical (unpaired) electrons. The second-order valence-electron chi connectivity index (χ2n) is 5.28. The van der Waals surface area contributed by atoms with E-state index in [2.05, 4.69) is 5.32 Å². The third kappa shape index (κ3) is 8.99. The van der Waals surface area contributed by atoms with Crippen LogP contribution in [0.25, 0.3) is 0 Å². The minimum absolute atomic E-state index is 0.158. The van der Waals surface area contributed by atoms with Crippen LogP contribution in [0.4, 0.5) is 4.79 Å². The third-order valence-electron chi connectivity index (χ3n) is 2.15. The lowest BCUT2D eigenvalue weighted by Gasteiger charge is -2.19. The summed E-state index contributed by atoms with van der Waals surface area (Å²) in [6.07, 6.45) is 1.09. The van der Waals surface area contributed by atoms with Gasteiger partial charge in [-0.3, -0.25) is 0 Å². The summed E-state index contributed by atoms with van der Waals surface area (Å²) in [5.74, 6) is -1.48. The quantitative estimate of drug-likeness (QED) is 0.193. The van der Waals surface area contributed by atoms with Crippen molar-refractivity contribution in [3.8, 4) is 0 Å². The fraction of sp³-hybridized carbons (Fsp3) is 0.667. The maximum Gasteiger partial charge on any atom is 0.407 e. The largest absolute Gasteiger partial charge is 0.462 e. The molecule has 0 aliphatic rings. The summed E-state index contributed by atoms with van der Waals surface area (Å²) < 4.78 is 14.7. The third-order valence-corrected chi connectivity index (χ3v) is 2.15. The van der Waals surface area contributed by atoms with E-state index in [1.807, 2.05) is 0 Å². The van der Waals surface area contributed by atoms with Gasteiger partial charge in [0.2, 0.25) is 0 Å². The molecule has 0 spiro atoms. The molecule has 0 aromatic heterocycles. The monoisotopic (exact) mass is 315 g/mol. The van der Waals surface area contributed by atoms with E-state index in [4.69, 9.17) is 14.2 Å². The predicted octanol–water partition coefficient (Wildman–Crippen LogP) is 1.95. The number of carbonyl (C=O) groups is 3. The number of nitrogens with one attached hydrogen (secondary N) is 1. The van der Waals surface area contributed by atoms with Gasteiger partial charge < -0.3 is 19.5 Å². The summed E-state index contributed by atoms with van der Waals surface area (Å²) in [5, 5.41) is 2.53. The van der Waals surface area contributed by atoms with E-state index in [9.17, 15) is 14.4 Å². The van der Waals surface area contributed by atoms with Gasteiger partial charge in [0.05, 0.1) is 13.2 Å². The lowest BCUT2D eigenvalue weighted by atomic mass is 10.2.